The molecule has 0 amide bonds. The molecule has 5 nitrogen and oxygen atoms in total. The zero-order chi connectivity index (χ0) is 39.1. The van der Waals surface area contributed by atoms with Crippen LogP contribution in [0.4, 0.5) is 0 Å². The van der Waals surface area contributed by atoms with Crippen LogP contribution in [-0.2, 0) is 28.4 Å². The Hall–Kier alpha value is -4.90. The number of pyridine rings is 1. The zero-order valence-corrected chi connectivity index (χ0v) is 32.9. The third-order valence-corrected chi connectivity index (χ3v) is 12.0. The minimum Gasteiger partial charge on any atom is -0.468 e. The molecule has 53 heavy (non-hydrogen) atoms. The Morgan fingerprint density at radius 3 is 2.47 bits per heavy atom. The van der Waals surface area contributed by atoms with Gasteiger partial charge in [0.25, 0.3) is 0 Å². The molecular weight excluding hydrogens is 651 g/mol. The number of nitrogens with zero attached hydrogens (tertiary/aromatic N) is 3. The molecule has 5 heteroatoms. The molecule has 0 radical (unpaired) electrons. The molecule has 0 N–H and O–H groups in total. The molecule has 2 aromatic heterocycles. The van der Waals surface area contributed by atoms with Gasteiger partial charge >= 0.3 is 0 Å². The minimum absolute atomic E-state index is 0.00576. The number of benzene rings is 4. The molecule has 4 aromatic carbocycles. The fraction of sp³-hybridized carbons (Fsp3) is 0.375. The first-order valence-electron chi connectivity index (χ1n) is 20.1. The van der Waals surface area contributed by atoms with Crippen LogP contribution in [-0.4, -0.2) is 27.1 Å². The van der Waals surface area contributed by atoms with Crippen molar-refractivity contribution in [1.82, 2.24) is 9.55 Å². The van der Waals surface area contributed by atoms with E-state index in [0.29, 0.717) is 18.1 Å². The average molecular weight is 704 g/mol. The summed E-state index contributed by atoms with van der Waals surface area (Å²) < 4.78 is 34.7. The number of aliphatic imine (C=N–C) groups is 1. The summed E-state index contributed by atoms with van der Waals surface area (Å²) in [6, 6.07) is 23.2. The lowest BCUT2D eigenvalue weighted by molar-refractivity contribution is 0.0701. The van der Waals surface area contributed by atoms with Crippen LogP contribution in [0.25, 0.3) is 27.6 Å². The molecule has 0 fully saturated rings. The van der Waals surface area contributed by atoms with E-state index in [1.165, 1.54) is 27.6 Å². The Labute approximate surface area is 316 Å². The second kappa shape index (κ2) is 11.3. The number of aryl methyl sites for hydroxylation is 3. The number of hydrogen-bond acceptors (Lipinski definition) is 4. The quantitative estimate of drug-likeness (QED) is 0.184. The van der Waals surface area contributed by atoms with Gasteiger partial charge < -0.3 is 9.47 Å². The number of ether oxygens (including phenoxy) is 2. The monoisotopic (exact) mass is 703 g/mol. The summed E-state index contributed by atoms with van der Waals surface area (Å²) in [5.74, 6) is 2.15. The highest BCUT2D eigenvalue weighted by Gasteiger charge is 2.47. The molecule has 1 aliphatic carbocycles. The van der Waals surface area contributed by atoms with Crippen molar-refractivity contribution in [2.45, 2.75) is 117 Å². The van der Waals surface area contributed by atoms with E-state index in [1.54, 1.807) is 0 Å². The Balaban J connectivity index is 1.16. The average Bonchev–Trinajstić information content (AvgIpc) is 3.64. The second-order valence-electron chi connectivity index (χ2n) is 17.9. The van der Waals surface area contributed by atoms with E-state index in [4.69, 9.17) is 19.5 Å². The Bertz CT molecular complexity index is 2660. The summed E-state index contributed by atoms with van der Waals surface area (Å²) in [7, 11) is 0. The molecule has 4 heterocycles. The van der Waals surface area contributed by atoms with Gasteiger partial charge in [-0.25, -0.2) is 9.98 Å². The zero-order valence-electron chi connectivity index (χ0n) is 34.9. The van der Waals surface area contributed by atoms with Crippen LogP contribution in [0.3, 0.4) is 0 Å². The predicted molar refractivity (Wildman–Crippen MR) is 218 cm³/mol. The molecule has 0 saturated carbocycles. The smallest absolute Gasteiger partial charge is 0.217 e. The third kappa shape index (κ3) is 5.17. The van der Waals surface area contributed by atoms with Gasteiger partial charge in [0.2, 0.25) is 5.90 Å². The summed E-state index contributed by atoms with van der Waals surface area (Å²) in [5, 5.41) is 2.38. The van der Waals surface area contributed by atoms with Crippen LogP contribution >= 0.6 is 0 Å². The summed E-state index contributed by atoms with van der Waals surface area (Å²) in [6.45, 7) is 24.1. The van der Waals surface area contributed by atoms with Gasteiger partial charge in [-0.2, -0.15) is 0 Å². The van der Waals surface area contributed by atoms with Gasteiger partial charge in [0.15, 0.2) is 0 Å². The van der Waals surface area contributed by atoms with Crippen molar-refractivity contribution in [2.75, 3.05) is 0 Å². The Morgan fingerprint density at radius 1 is 0.925 bits per heavy atom. The minimum atomic E-state index is -1.68. The molecule has 0 unspecified atom stereocenters. The predicted octanol–water partition coefficient (Wildman–Crippen LogP) is 11.7. The van der Waals surface area contributed by atoms with Crippen molar-refractivity contribution in [2.24, 2.45) is 4.99 Å². The largest absolute Gasteiger partial charge is 0.468 e. The number of hydrogen-bond donors (Lipinski definition) is 0. The van der Waals surface area contributed by atoms with Gasteiger partial charge in [0, 0.05) is 43.2 Å². The maximum absolute atomic E-state index is 9.35. The van der Waals surface area contributed by atoms with E-state index >= 15 is 0 Å². The summed E-state index contributed by atoms with van der Waals surface area (Å²) in [6.07, 6.45) is 0.801. The van der Waals surface area contributed by atoms with Crippen LogP contribution < -0.4 is 4.74 Å². The maximum atomic E-state index is 9.35. The van der Waals surface area contributed by atoms with Gasteiger partial charge in [-0.05, 0) is 132 Å². The van der Waals surface area contributed by atoms with E-state index < -0.39 is 18.0 Å². The third-order valence-electron chi connectivity index (χ3n) is 12.0. The van der Waals surface area contributed by atoms with Crippen LogP contribution in [0.1, 0.15) is 120 Å². The van der Waals surface area contributed by atoms with E-state index in [9.17, 15) is 2.74 Å². The Kier molecular flexibility index (Phi) is 6.74. The molecule has 9 rings (SSSR count). The fourth-order valence-corrected chi connectivity index (χ4v) is 8.87. The molecule has 0 saturated heterocycles. The lowest BCUT2D eigenvalue weighted by Crippen LogP contribution is -2.44. The number of fused-ring (bicyclic) bond motifs is 7. The van der Waals surface area contributed by atoms with E-state index in [1.807, 2.05) is 38.2 Å². The topological polar surface area (TPSA) is 48.6 Å². The van der Waals surface area contributed by atoms with Crippen molar-refractivity contribution >= 4 is 27.8 Å². The molecule has 2 aliphatic heterocycles. The van der Waals surface area contributed by atoms with Crippen LogP contribution in [0.15, 0.2) is 77.9 Å². The van der Waals surface area contributed by atoms with Crippen LogP contribution in [0, 0.1) is 20.8 Å². The summed E-state index contributed by atoms with van der Waals surface area (Å²) in [5.41, 5.74) is 12.9. The molecule has 270 valence electrons. The molecular formula is C48H51N3O2. The van der Waals surface area contributed by atoms with Crippen molar-refractivity contribution < 1.29 is 12.2 Å². The van der Waals surface area contributed by atoms with Crippen LogP contribution in [0.2, 0.25) is 0 Å². The van der Waals surface area contributed by atoms with E-state index in [0.717, 1.165) is 61.4 Å². The number of rotatable bonds is 4. The first-order chi connectivity index (χ1) is 25.8. The Morgan fingerprint density at radius 2 is 1.72 bits per heavy atom. The highest BCUT2D eigenvalue weighted by Crippen LogP contribution is 2.50. The van der Waals surface area contributed by atoms with Gasteiger partial charge in [0.05, 0.1) is 17.2 Å². The van der Waals surface area contributed by atoms with Gasteiger partial charge in [-0.3, -0.25) is 4.57 Å². The van der Waals surface area contributed by atoms with Crippen molar-refractivity contribution in [3.8, 4) is 17.2 Å². The van der Waals surface area contributed by atoms with Crippen molar-refractivity contribution in [1.29, 1.82) is 0 Å². The van der Waals surface area contributed by atoms with E-state index in [2.05, 4.69) is 115 Å². The lowest BCUT2D eigenvalue weighted by atomic mass is 9.72. The van der Waals surface area contributed by atoms with Crippen molar-refractivity contribution in [3.63, 3.8) is 0 Å². The molecule has 2 atom stereocenters. The number of aromatic nitrogens is 2. The summed E-state index contributed by atoms with van der Waals surface area (Å²) in [4.78, 5) is 10.0. The van der Waals surface area contributed by atoms with Gasteiger partial charge in [-0.15, -0.1) is 0 Å². The fourth-order valence-electron chi connectivity index (χ4n) is 8.87. The molecule has 0 bridgehead atoms. The van der Waals surface area contributed by atoms with Gasteiger partial charge in [-0.1, -0.05) is 72.2 Å². The first-order valence-corrected chi connectivity index (χ1v) is 19.1. The molecule has 0 spiro atoms. The highest BCUT2D eigenvalue weighted by molar-refractivity contribution is 6.10. The van der Waals surface area contributed by atoms with Crippen molar-refractivity contribution in [3.05, 3.63) is 129 Å². The molecule has 3 aliphatic rings. The SMILES string of the molecule is [2H]C1([2H])c2cc(C)cc(C)c2C[C@]2(C)OC(c3cc(Oc4cc5c(cc4C)C(C)(C)c4cc(C(C)(C)C)cc6c7cccnc7n-5c46)cc(C(C)C)c3)=N[C@@H]12. The normalized spacial score (nSPS) is 21.4. The van der Waals surface area contributed by atoms with Gasteiger partial charge in [0.1, 0.15) is 22.7 Å². The standard InChI is InChI=1S/C48H51N3O2/c1-26(2)30-18-32(45-50-42-21-31-16-27(3)15-28(4)37(31)25-48(42,11)53-45)20-34(19-30)52-41-24-40-38(17-29(41)5)47(9,10)39-23-33(46(6,7)8)22-36-35-13-12-14-49-44(35)51(40)43(36)39/h12-20,22-24,26,42H,21,25H2,1-11H3/t42-,48-/m0/s1/i21D2. The lowest BCUT2D eigenvalue weighted by Gasteiger charge is -2.36. The second-order valence-corrected chi connectivity index (χ2v) is 17.9. The molecule has 6 aromatic rings. The maximum Gasteiger partial charge on any atom is 0.217 e. The van der Waals surface area contributed by atoms with Crippen LogP contribution in [0.5, 0.6) is 11.5 Å². The highest BCUT2D eigenvalue weighted by atomic mass is 16.5. The summed E-state index contributed by atoms with van der Waals surface area (Å²) >= 11 is 0. The van der Waals surface area contributed by atoms with E-state index in [-0.39, 0.29) is 16.7 Å². The first kappa shape index (κ1) is 31.6.